The van der Waals surface area contributed by atoms with E-state index >= 15 is 0 Å². The van der Waals surface area contributed by atoms with Crippen molar-refractivity contribution in [1.29, 1.82) is 10.5 Å². The average molecular weight is 358 g/mol. The van der Waals surface area contributed by atoms with E-state index in [0.717, 1.165) is 50.3 Å². The first-order valence-corrected chi connectivity index (χ1v) is 9.61. The van der Waals surface area contributed by atoms with Gasteiger partial charge in [0.05, 0.1) is 17.2 Å². The summed E-state index contributed by atoms with van der Waals surface area (Å²) in [6.07, 6.45) is 6.37. The molecule has 0 radical (unpaired) electrons. The number of nitriles is 2. The number of pyridine rings is 1. The second-order valence-electron chi connectivity index (χ2n) is 7.22. The molecule has 5 nitrogen and oxygen atoms in total. The molecule has 2 aromatic rings. The third-order valence-corrected chi connectivity index (χ3v) is 5.43. The van der Waals surface area contributed by atoms with Gasteiger partial charge in [-0.05, 0) is 61.6 Å². The van der Waals surface area contributed by atoms with Gasteiger partial charge in [0, 0.05) is 31.6 Å². The molecule has 0 atom stereocenters. The van der Waals surface area contributed by atoms with Gasteiger partial charge in [0.2, 0.25) is 0 Å². The number of fused-ring (bicyclic) bond motifs is 1. The van der Waals surface area contributed by atoms with Crippen LogP contribution in [0, 0.1) is 22.7 Å². The number of benzene rings is 1. The Morgan fingerprint density at radius 3 is 2.44 bits per heavy atom. The first-order valence-electron chi connectivity index (χ1n) is 9.61. The molecule has 1 aromatic carbocycles. The van der Waals surface area contributed by atoms with E-state index in [1.807, 2.05) is 12.1 Å². The SMILES string of the molecule is N#Cc1ccc(OC2CCN(c3nc4c(cc3C#N)CCCC4)CC2)cc1. The number of anilines is 1. The number of ether oxygens (including phenoxy) is 1. The summed E-state index contributed by atoms with van der Waals surface area (Å²) in [5, 5.41) is 18.5. The molecule has 2 aliphatic rings. The zero-order chi connectivity index (χ0) is 18.6. The molecular formula is C22H22N4O. The summed E-state index contributed by atoms with van der Waals surface area (Å²) in [5.74, 6) is 1.65. The number of nitrogens with zero attached hydrogens (tertiary/aromatic N) is 4. The van der Waals surface area contributed by atoms with Gasteiger partial charge >= 0.3 is 0 Å². The van der Waals surface area contributed by atoms with Crippen molar-refractivity contribution in [2.45, 2.75) is 44.6 Å². The standard InChI is InChI=1S/C22H22N4O/c23-14-16-5-7-19(8-6-16)27-20-9-11-26(12-10-20)22-18(15-24)13-17-3-1-2-4-21(17)25-22/h5-8,13,20H,1-4,9-12H2. The number of hydrogen-bond donors (Lipinski definition) is 0. The molecule has 1 saturated heterocycles. The Labute approximate surface area is 159 Å². The van der Waals surface area contributed by atoms with Crippen LogP contribution in [-0.2, 0) is 12.8 Å². The summed E-state index contributed by atoms with van der Waals surface area (Å²) in [5.41, 5.74) is 3.76. The predicted molar refractivity (Wildman–Crippen MR) is 103 cm³/mol. The fourth-order valence-electron chi connectivity index (χ4n) is 3.93. The van der Waals surface area contributed by atoms with Gasteiger partial charge in [-0.15, -0.1) is 0 Å². The van der Waals surface area contributed by atoms with Crippen molar-refractivity contribution in [3.63, 3.8) is 0 Å². The van der Waals surface area contributed by atoms with Gasteiger partial charge in [0.25, 0.3) is 0 Å². The maximum absolute atomic E-state index is 9.58. The lowest BCUT2D eigenvalue weighted by molar-refractivity contribution is 0.170. The maximum atomic E-state index is 9.58. The van der Waals surface area contributed by atoms with Crippen LogP contribution in [0.5, 0.6) is 5.75 Å². The van der Waals surface area contributed by atoms with E-state index in [-0.39, 0.29) is 6.10 Å². The molecule has 4 rings (SSSR count). The van der Waals surface area contributed by atoms with E-state index in [2.05, 4.69) is 23.1 Å². The fraction of sp³-hybridized carbons (Fsp3) is 0.409. The molecule has 1 aromatic heterocycles. The number of hydrogen-bond acceptors (Lipinski definition) is 5. The Hall–Kier alpha value is -3.05. The van der Waals surface area contributed by atoms with Gasteiger partial charge < -0.3 is 9.64 Å². The van der Waals surface area contributed by atoms with Crippen LogP contribution in [-0.4, -0.2) is 24.2 Å². The van der Waals surface area contributed by atoms with Crippen LogP contribution in [0.3, 0.4) is 0 Å². The number of rotatable bonds is 3. The van der Waals surface area contributed by atoms with Gasteiger partial charge in [-0.25, -0.2) is 4.98 Å². The first-order chi connectivity index (χ1) is 13.3. The second kappa shape index (κ2) is 7.68. The van der Waals surface area contributed by atoms with Crippen molar-refractivity contribution in [3.8, 4) is 17.9 Å². The Bertz CT molecular complexity index is 900. The molecule has 1 aliphatic carbocycles. The molecule has 27 heavy (non-hydrogen) atoms. The van der Waals surface area contributed by atoms with E-state index in [9.17, 15) is 5.26 Å². The Balaban J connectivity index is 1.43. The molecule has 0 N–H and O–H groups in total. The van der Waals surface area contributed by atoms with E-state index in [1.165, 1.54) is 24.1 Å². The van der Waals surface area contributed by atoms with Crippen molar-refractivity contribution in [1.82, 2.24) is 4.98 Å². The molecule has 2 heterocycles. The molecule has 0 spiro atoms. The minimum atomic E-state index is 0.150. The van der Waals surface area contributed by atoms with Crippen LogP contribution >= 0.6 is 0 Å². The highest BCUT2D eigenvalue weighted by molar-refractivity contribution is 5.56. The molecule has 0 saturated carbocycles. The van der Waals surface area contributed by atoms with Gasteiger partial charge in [0.1, 0.15) is 23.7 Å². The van der Waals surface area contributed by atoms with Crippen LogP contribution in [0.15, 0.2) is 30.3 Å². The highest BCUT2D eigenvalue weighted by Gasteiger charge is 2.25. The zero-order valence-electron chi connectivity index (χ0n) is 15.3. The first kappa shape index (κ1) is 17.4. The van der Waals surface area contributed by atoms with Crippen molar-refractivity contribution < 1.29 is 4.74 Å². The summed E-state index contributed by atoms with van der Waals surface area (Å²) in [7, 11) is 0. The minimum Gasteiger partial charge on any atom is -0.490 e. The summed E-state index contributed by atoms with van der Waals surface area (Å²) in [4.78, 5) is 7.10. The molecule has 136 valence electrons. The molecule has 0 unspecified atom stereocenters. The van der Waals surface area contributed by atoms with E-state index in [1.54, 1.807) is 12.1 Å². The highest BCUT2D eigenvalue weighted by Crippen LogP contribution is 2.29. The monoisotopic (exact) mass is 358 g/mol. The van der Waals surface area contributed by atoms with Gasteiger partial charge in [-0.2, -0.15) is 10.5 Å². The Morgan fingerprint density at radius 1 is 1.00 bits per heavy atom. The van der Waals surface area contributed by atoms with Gasteiger partial charge in [0.15, 0.2) is 0 Å². The third kappa shape index (κ3) is 3.73. The largest absolute Gasteiger partial charge is 0.490 e. The lowest BCUT2D eigenvalue weighted by atomic mass is 9.94. The lowest BCUT2D eigenvalue weighted by Gasteiger charge is -2.34. The minimum absolute atomic E-state index is 0.150. The quantitative estimate of drug-likeness (QED) is 0.835. The Kier molecular flexibility index (Phi) is 4.94. The molecule has 1 fully saturated rings. The van der Waals surface area contributed by atoms with Crippen LogP contribution in [0.2, 0.25) is 0 Å². The van der Waals surface area contributed by atoms with E-state index in [4.69, 9.17) is 15.0 Å². The van der Waals surface area contributed by atoms with E-state index < -0.39 is 0 Å². The smallest absolute Gasteiger partial charge is 0.146 e. The maximum Gasteiger partial charge on any atom is 0.146 e. The van der Waals surface area contributed by atoms with Crippen LogP contribution < -0.4 is 9.64 Å². The Morgan fingerprint density at radius 2 is 1.74 bits per heavy atom. The third-order valence-electron chi connectivity index (χ3n) is 5.43. The van der Waals surface area contributed by atoms with E-state index in [0.29, 0.717) is 11.1 Å². The normalized spacial score (nSPS) is 16.9. The van der Waals surface area contributed by atoms with Gasteiger partial charge in [-0.3, -0.25) is 0 Å². The van der Waals surface area contributed by atoms with Crippen LogP contribution in [0.25, 0.3) is 0 Å². The van der Waals surface area contributed by atoms with Crippen LogP contribution in [0.1, 0.15) is 48.1 Å². The fourth-order valence-corrected chi connectivity index (χ4v) is 3.93. The predicted octanol–water partition coefficient (Wildman–Crippen LogP) is 3.75. The summed E-state index contributed by atoms with van der Waals surface area (Å²) >= 11 is 0. The molecule has 1 aliphatic heterocycles. The zero-order valence-corrected chi connectivity index (χ0v) is 15.3. The summed E-state index contributed by atoms with van der Waals surface area (Å²) < 4.78 is 6.06. The van der Waals surface area contributed by atoms with Crippen molar-refractivity contribution in [3.05, 3.63) is 52.7 Å². The van der Waals surface area contributed by atoms with Crippen LogP contribution in [0.4, 0.5) is 5.82 Å². The lowest BCUT2D eigenvalue weighted by Crippen LogP contribution is -2.39. The molecule has 0 bridgehead atoms. The van der Waals surface area contributed by atoms with Gasteiger partial charge in [-0.1, -0.05) is 0 Å². The number of aryl methyl sites for hydroxylation is 2. The molecule has 5 heteroatoms. The van der Waals surface area contributed by atoms with Crippen molar-refractivity contribution in [2.75, 3.05) is 18.0 Å². The molecule has 0 amide bonds. The highest BCUT2D eigenvalue weighted by atomic mass is 16.5. The van der Waals surface area contributed by atoms with Crippen molar-refractivity contribution in [2.24, 2.45) is 0 Å². The summed E-state index contributed by atoms with van der Waals surface area (Å²) in [6.45, 7) is 1.67. The summed E-state index contributed by atoms with van der Waals surface area (Å²) in [6, 6.07) is 13.8. The number of aromatic nitrogens is 1. The second-order valence-corrected chi connectivity index (χ2v) is 7.22. The average Bonchev–Trinajstić information content (AvgIpc) is 2.74. The van der Waals surface area contributed by atoms with Crippen molar-refractivity contribution >= 4 is 5.82 Å². The topological polar surface area (TPSA) is 72.9 Å². The molecular weight excluding hydrogens is 336 g/mol. The number of piperidine rings is 1.